The molecule has 2 fully saturated rings. The van der Waals surface area contributed by atoms with E-state index in [1.807, 2.05) is 0 Å². The van der Waals surface area contributed by atoms with Crippen LogP contribution >= 0.6 is 0 Å². The van der Waals surface area contributed by atoms with Crippen molar-refractivity contribution >= 4 is 15.7 Å². The molecule has 2 rings (SSSR count). The zero-order valence-electron chi connectivity index (χ0n) is 11.6. The van der Waals surface area contributed by atoms with E-state index in [2.05, 4.69) is 6.92 Å². The average molecular weight is 288 g/mol. The molecule has 1 amide bonds. The summed E-state index contributed by atoms with van der Waals surface area (Å²) in [6.07, 6.45) is 4.07. The first-order valence-corrected chi connectivity index (χ1v) is 8.93. The van der Waals surface area contributed by atoms with Gasteiger partial charge in [-0.15, -0.1) is 0 Å². The van der Waals surface area contributed by atoms with Crippen molar-refractivity contribution in [3.8, 4) is 0 Å². The Bertz CT molecular complexity index is 449. The summed E-state index contributed by atoms with van der Waals surface area (Å²) in [5, 5.41) is 0. The van der Waals surface area contributed by atoms with Crippen molar-refractivity contribution in [3.63, 3.8) is 0 Å². The van der Waals surface area contributed by atoms with Crippen LogP contribution in [0.2, 0.25) is 0 Å². The summed E-state index contributed by atoms with van der Waals surface area (Å²) in [7, 11) is -2.98. The van der Waals surface area contributed by atoms with Gasteiger partial charge in [-0.3, -0.25) is 4.79 Å². The van der Waals surface area contributed by atoms with Crippen molar-refractivity contribution < 1.29 is 13.2 Å². The van der Waals surface area contributed by atoms with Gasteiger partial charge in [0, 0.05) is 13.1 Å². The van der Waals surface area contributed by atoms with Crippen molar-refractivity contribution in [1.29, 1.82) is 0 Å². The number of nitrogens with zero attached hydrogens (tertiary/aromatic N) is 1. The van der Waals surface area contributed by atoms with Crippen LogP contribution in [0.1, 0.15) is 39.0 Å². The standard InChI is InChI=1S/C13H24N2O3S/c1-11-4-2-5-13(14,10-11)12(16)15-6-3-8-19(17,18)9-7-15/h11H,2-10,14H2,1H3. The Morgan fingerprint density at radius 1 is 1.26 bits per heavy atom. The Morgan fingerprint density at radius 3 is 2.68 bits per heavy atom. The van der Waals surface area contributed by atoms with Gasteiger partial charge in [0.25, 0.3) is 0 Å². The summed E-state index contributed by atoms with van der Waals surface area (Å²) < 4.78 is 23.2. The first-order valence-electron chi connectivity index (χ1n) is 7.11. The maximum Gasteiger partial charge on any atom is 0.242 e. The SMILES string of the molecule is CC1CCCC(N)(C(=O)N2CCCS(=O)(=O)CC2)C1. The number of hydrogen-bond acceptors (Lipinski definition) is 4. The molecule has 0 aromatic carbocycles. The highest BCUT2D eigenvalue weighted by molar-refractivity contribution is 7.91. The monoisotopic (exact) mass is 288 g/mol. The molecule has 1 aliphatic carbocycles. The molecular weight excluding hydrogens is 264 g/mol. The third-order valence-corrected chi connectivity index (χ3v) is 6.02. The lowest BCUT2D eigenvalue weighted by molar-refractivity contribution is -0.138. The van der Waals surface area contributed by atoms with Crippen LogP contribution in [-0.4, -0.2) is 49.4 Å². The quantitative estimate of drug-likeness (QED) is 0.763. The lowest BCUT2D eigenvalue weighted by Crippen LogP contribution is -2.57. The van der Waals surface area contributed by atoms with Gasteiger partial charge in [-0.05, 0) is 25.2 Å². The summed E-state index contributed by atoms with van der Waals surface area (Å²) in [4.78, 5) is 14.3. The smallest absolute Gasteiger partial charge is 0.242 e. The molecule has 0 bridgehead atoms. The van der Waals surface area contributed by atoms with Gasteiger partial charge in [0.15, 0.2) is 9.84 Å². The first-order chi connectivity index (χ1) is 8.82. The average Bonchev–Trinajstić information content (AvgIpc) is 2.49. The topological polar surface area (TPSA) is 80.5 Å². The lowest BCUT2D eigenvalue weighted by atomic mass is 9.76. The second-order valence-corrected chi connectivity index (χ2v) is 8.46. The molecule has 0 aromatic heterocycles. The Kier molecular flexibility index (Phi) is 4.20. The summed E-state index contributed by atoms with van der Waals surface area (Å²) in [5.41, 5.74) is 5.53. The number of hydrogen-bond donors (Lipinski definition) is 1. The van der Waals surface area contributed by atoms with E-state index >= 15 is 0 Å². The Hall–Kier alpha value is -0.620. The maximum absolute atomic E-state index is 12.6. The summed E-state index contributed by atoms with van der Waals surface area (Å²) in [6, 6.07) is 0. The van der Waals surface area contributed by atoms with Crippen LogP contribution in [0.25, 0.3) is 0 Å². The van der Waals surface area contributed by atoms with Crippen molar-refractivity contribution in [1.82, 2.24) is 4.90 Å². The molecule has 0 spiro atoms. The van der Waals surface area contributed by atoms with Gasteiger partial charge in [-0.25, -0.2) is 8.42 Å². The molecule has 6 heteroatoms. The number of sulfone groups is 1. The molecule has 1 saturated heterocycles. The van der Waals surface area contributed by atoms with Crippen LogP contribution in [0.15, 0.2) is 0 Å². The van der Waals surface area contributed by atoms with Gasteiger partial charge in [0.1, 0.15) is 0 Å². The third-order valence-electron chi connectivity index (χ3n) is 4.30. The highest BCUT2D eigenvalue weighted by Gasteiger charge is 2.41. The van der Waals surface area contributed by atoms with Crippen molar-refractivity contribution in [2.75, 3.05) is 24.6 Å². The molecule has 2 N–H and O–H groups in total. The van der Waals surface area contributed by atoms with Crippen LogP contribution in [0.3, 0.4) is 0 Å². The largest absolute Gasteiger partial charge is 0.340 e. The molecule has 19 heavy (non-hydrogen) atoms. The molecule has 1 saturated carbocycles. The van der Waals surface area contributed by atoms with E-state index in [1.165, 1.54) is 0 Å². The fraction of sp³-hybridized carbons (Fsp3) is 0.923. The molecule has 1 aliphatic heterocycles. The fourth-order valence-electron chi connectivity index (χ4n) is 3.24. The van der Waals surface area contributed by atoms with Crippen LogP contribution in [0.4, 0.5) is 0 Å². The van der Waals surface area contributed by atoms with Crippen molar-refractivity contribution in [2.24, 2.45) is 11.7 Å². The van der Waals surface area contributed by atoms with E-state index in [0.29, 0.717) is 25.4 Å². The number of carbonyl (C=O) groups excluding carboxylic acids is 1. The van der Waals surface area contributed by atoms with E-state index in [9.17, 15) is 13.2 Å². The van der Waals surface area contributed by atoms with Gasteiger partial charge >= 0.3 is 0 Å². The third kappa shape index (κ3) is 3.48. The fourth-order valence-corrected chi connectivity index (χ4v) is 4.51. The van der Waals surface area contributed by atoms with Crippen LogP contribution in [0, 0.1) is 5.92 Å². The minimum Gasteiger partial charge on any atom is -0.340 e. The van der Waals surface area contributed by atoms with Crippen molar-refractivity contribution in [2.45, 2.75) is 44.6 Å². The van der Waals surface area contributed by atoms with E-state index in [-0.39, 0.29) is 17.4 Å². The Balaban J connectivity index is 2.06. The predicted molar refractivity (Wildman–Crippen MR) is 74.4 cm³/mol. The van der Waals surface area contributed by atoms with Gasteiger partial charge < -0.3 is 10.6 Å². The van der Waals surface area contributed by atoms with Crippen LogP contribution < -0.4 is 5.73 Å². The number of carbonyl (C=O) groups is 1. The number of rotatable bonds is 1. The molecule has 0 radical (unpaired) electrons. The van der Waals surface area contributed by atoms with Crippen molar-refractivity contribution in [3.05, 3.63) is 0 Å². The molecule has 1 heterocycles. The molecular formula is C13H24N2O3S. The van der Waals surface area contributed by atoms with E-state index in [1.54, 1.807) is 4.90 Å². The molecule has 2 atom stereocenters. The zero-order chi connectivity index (χ0) is 14.1. The zero-order valence-corrected chi connectivity index (χ0v) is 12.4. The summed E-state index contributed by atoms with van der Waals surface area (Å²) in [6.45, 7) is 2.95. The number of nitrogens with two attached hydrogens (primary N) is 1. The van der Waals surface area contributed by atoms with E-state index in [4.69, 9.17) is 5.73 Å². The second-order valence-electron chi connectivity index (χ2n) is 6.16. The minimum absolute atomic E-state index is 0.0452. The van der Waals surface area contributed by atoms with Gasteiger partial charge in [0.2, 0.25) is 5.91 Å². The maximum atomic E-state index is 12.6. The molecule has 5 nitrogen and oxygen atoms in total. The Morgan fingerprint density at radius 2 is 2.00 bits per heavy atom. The highest BCUT2D eigenvalue weighted by Crippen LogP contribution is 2.32. The second kappa shape index (κ2) is 5.40. The van der Waals surface area contributed by atoms with Gasteiger partial charge in [-0.2, -0.15) is 0 Å². The first kappa shape index (κ1) is 14.8. The van der Waals surface area contributed by atoms with E-state index in [0.717, 1.165) is 25.7 Å². The normalized spacial score (nSPS) is 35.7. The molecule has 2 unspecified atom stereocenters. The van der Waals surface area contributed by atoms with Crippen LogP contribution in [-0.2, 0) is 14.6 Å². The van der Waals surface area contributed by atoms with E-state index < -0.39 is 15.4 Å². The minimum atomic E-state index is -2.98. The number of amides is 1. The van der Waals surface area contributed by atoms with Gasteiger partial charge in [-0.1, -0.05) is 19.8 Å². The van der Waals surface area contributed by atoms with Crippen LogP contribution in [0.5, 0.6) is 0 Å². The summed E-state index contributed by atoms with van der Waals surface area (Å²) in [5.74, 6) is 0.685. The summed E-state index contributed by atoms with van der Waals surface area (Å²) >= 11 is 0. The lowest BCUT2D eigenvalue weighted by Gasteiger charge is -2.38. The molecule has 2 aliphatic rings. The highest BCUT2D eigenvalue weighted by atomic mass is 32.2. The Labute approximate surface area is 115 Å². The molecule has 0 aromatic rings. The molecule has 110 valence electrons. The van der Waals surface area contributed by atoms with Gasteiger partial charge in [0.05, 0.1) is 17.0 Å². The predicted octanol–water partition coefficient (Wildman–Crippen LogP) is 0.541.